The maximum absolute atomic E-state index is 12.6. The lowest BCUT2D eigenvalue weighted by Crippen LogP contribution is -2.29. The summed E-state index contributed by atoms with van der Waals surface area (Å²) in [7, 11) is -5.87. The molecule has 122 valence electrons. The van der Waals surface area contributed by atoms with Crippen molar-refractivity contribution in [2.24, 2.45) is 0 Å². The average Bonchev–Trinajstić information content (AvgIpc) is 2.31. The van der Waals surface area contributed by atoms with Gasteiger partial charge in [0.1, 0.15) is 0 Å². The van der Waals surface area contributed by atoms with Gasteiger partial charge in [-0.05, 0) is 38.3 Å². The van der Waals surface area contributed by atoms with Gasteiger partial charge in [-0.15, -0.1) is 6.58 Å². The molecule has 22 heavy (non-hydrogen) atoms. The Hall–Kier alpha value is -1.83. The molecule has 0 aromatic heterocycles. The van der Waals surface area contributed by atoms with E-state index in [1.807, 2.05) is 0 Å². The average molecular weight is 336 g/mol. The van der Waals surface area contributed by atoms with E-state index in [4.69, 9.17) is 0 Å². The Bertz CT molecular complexity index is 719. The zero-order chi connectivity index (χ0) is 17.3. The van der Waals surface area contributed by atoms with E-state index in [0.717, 1.165) is 6.92 Å². The number of rotatable bonds is 5. The minimum absolute atomic E-state index is 0.0646. The lowest BCUT2D eigenvalue weighted by molar-refractivity contribution is -0.0500. The number of Topliss-reactive ketones (excluding diaryl/α,β-unsaturated/α-hetero) is 1. The van der Waals surface area contributed by atoms with Crippen molar-refractivity contribution in [2.45, 2.75) is 32.7 Å². The van der Waals surface area contributed by atoms with Crippen LogP contribution in [0, 0.1) is 13.8 Å². The molecule has 0 unspecified atom stereocenters. The summed E-state index contributed by atoms with van der Waals surface area (Å²) >= 11 is 0. The number of carbonyl (C=O) groups is 1. The SMILES string of the molecule is C=CCc1c(C)cc(C)c(C(C)=O)c1OS(=O)(=O)C(F)(F)F. The first-order chi connectivity index (χ1) is 9.92. The minimum atomic E-state index is -5.87. The third-order valence-electron chi connectivity index (χ3n) is 2.98. The summed E-state index contributed by atoms with van der Waals surface area (Å²) in [5.41, 5.74) is -4.74. The van der Waals surface area contributed by atoms with Crippen molar-refractivity contribution >= 4 is 15.9 Å². The summed E-state index contributed by atoms with van der Waals surface area (Å²) in [6, 6.07) is 1.59. The molecule has 1 aromatic carbocycles. The van der Waals surface area contributed by atoms with Crippen LogP contribution in [0.3, 0.4) is 0 Å². The Balaban J connectivity index is 3.69. The van der Waals surface area contributed by atoms with Crippen LogP contribution in [0.25, 0.3) is 0 Å². The predicted octanol–water partition coefficient (Wildman–Crippen LogP) is 3.46. The lowest BCUT2D eigenvalue weighted by Gasteiger charge is -2.18. The van der Waals surface area contributed by atoms with Crippen molar-refractivity contribution < 1.29 is 30.6 Å². The number of hydrogen-bond donors (Lipinski definition) is 0. The van der Waals surface area contributed by atoms with Crippen LogP contribution < -0.4 is 4.18 Å². The molecule has 0 bridgehead atoms. The highest BCUT2D eigenvalue weighted by atomic mass is 32.2. The number of aryl methyl sites for hydroxylation is 2. The number of hydrogen-bond acceptors (Lipinski definition) is 4. The van der Waals surface area contributed by atoms with E-state index in [2.05, 4.69) is 10.8 Å². The van der Waals surface area contributed by atoms with E-state index in [1.54, 1.807) is 13.0 Å². The van der Waals surface area contributed by atoms with Crippen molar-refractivity contribution in [3.8, 4) is 5.75 Å². The first-order valence-corrected chi connectivity index (χ1v) is 7.58. The molecule has 0 aliphatic rings. The molecule has 8 heteroatoms. The number of allylic oxidation sites excluding steroid dienone is 1. The van der Waals surface area contributed by atoms with Crippen molar-refractivity contribution in [1.29, 1.82) is 0 Å². The van der Waals surface area contributed by atoms with Gasteiger partial charge in [0.05, 0.1) is 5.56 Å². The molecule has 4 nitrogen and oxygen atoms in total. The fourth-order valence-electron chi connectivity index (χ4n) is 2.08. The number of alkyl halides is 3. The van der Waals surface area contributed by atoms with Gasteiger partial charge in [-0.25, -0.2) is 0 Å². The number of ketones is 1. The molecule has 0 fully saturated rings. The molecule has 0 saturated heterocycles. The maximum atomic E-state index is 12.6. The van der Waals surface area contributed by atoms with E-state index < -0.39 is 27.2 Å². The van der Waals surface area contributed by atoms with Crippen LogP contribution in [0.1, 0.15) is 34.0 Å². The first kappa shape index (κ1) is 18.2. The summed E-state index contributed by atoms with van der Waals surface area (Å²) in [5, 5.41) is 0. The monoisotopic (exact) mass is 336 g/mol. The number of halogens is 3. The minimum Gasteiger partial charge on any atom is -0.375 e. The second kappa shape index (κ2) is 6.12. The summed E-state index contributed by atoms with van der Waals surface area (Å²) < 4.78 is 64.5. The van der Waals surface area contributed by atoms with Crippen LogP contribution in [0.5, 0.6) is 5.75 Å². The molecule has 0 radical (unpaired) electrons. The van der Waals surface area contributed by atoms with Crippen LogP contribution >= 0.6 is 0 Å². The Morgan fingerprint density at radius 1 is 1.32 bits per heavy atom. The smallest absolute Gasteiger partial charge is 0.375 e. The third kappa shape index (κ3) is 3.49. The van der Waals surface area contributed by atoms with Crippen molar-refractivity contribution in [1.82, 2.24) is 0 Å². The van der Waals surface area contributed by atoms with Gasteiger partial charge in [0.2, 0.25) is 0 Å². The van der Waals surface area contributed by atoms with Crippen LogP contribution in [-0.2, 0) is 16.5 Å². The third-order valence-corrected chi connectivity index (χ3v) is 3.93. The highest BCUT2D eigenvalue weighted by Gasteiger charge is 2.49. The molecular formula is C14H15F3O4S. The normalized spacial score (nSPS) is 12.1. The summed E-state index contributed by atoms with van der Waals surface area (Å²) in [5.74, 6) is -1.17. The quantitative estimate of drug-likeness (QED) is 0.358. The Morgan fingerprint density at radius 2 is 1.86 bits per heavy atom. The van der Waals surface area contributed by atoms with Gasteiger partial charge < -0.3 is 4.18 Å². The lowest BCUT2D eigenvalue weighted by atomic mass is 9.94. The van der Waals surface area contributed by atoms with Crippen LogP contribution in [0.4, 0.5) is 13.2 Å². The zero-order valence-corrected chi connectivity index (χ0v) is 13.1. The molecule has 0 atom stereocenters. The van der Waals surface area contributed by atoms with Crippen LogP contribution in [0.2, 0.25) is 0 Å². The molecule has 0 aliphatic carbocycles. The van der Waals surface area contributed by atoms with Crippen molar-refractivity contribution in [2.75, 3.05) is 0 Å². The first-order valence-electron chi connectivity index (χ1n) is 6.18. The number of benzene rings is 1. The fraction of sp³-hybridized carbons (Fsp3) is 0.357. The highest BCUT2D eigenvalue weighted by Crippen LogP contribution is 2.35. The number of carbonyl (C=O) groups excluding carboxylic acids is 1. The van der Waals surface area contributed by atoms with Gasteiger partial charge in [-0.3, -0.25) is 4.79 Å². The van der Waals surface area contributed by atoms with Crippen LogP contribution in [-0.4, -0.2) is 19.7 Å². The Morgan fingerprint density at radius 3 is 2.27 bits per heavy atom. The van der Waals surface area contributed by atoms with E-state index in [0.29, 0.717) is 11.1 Å². The van der Waals surface area contributed by atoms with Crippen molar-refractivity contribution in [3.05, 3.63) is 41.0 Å². The molecular weight excluding hydrogens is 321 g/mol. The molecule has 1 aromatic rings. The maximum Gasteiger partial charge on any atom is 0.534 e. The highest BCUT2D eigenvalue weighted by molar-refractivity contribution is 7.88. The fourth-order valence-corrected chi connectivity index (χ4v) is 2.58. The van der Waals surface area contributed by atoms with Gasteiger partial charge in [-0.1, -0.05) is 12.1 Å². The molecule has 1 rings (SSSR count). The Labute approximate surface area is 126 Å². The molecule has 0 saturated carbocycles. The second-order valence-corrected chi connectivity index (χ2v) is 6.26. The summed E-state index contributed by atoms with van der Waals surface area (Å²) in [4.78, 5) is 11.7. The van der Waals surface area contributed by atoms with Gasteiger partial charge in [0.25, 0.3) is 0 Å². The molecule has 0 N–H and O–H groups in total. The van der Waals surface area contributed by atoms with E-state index in [-0.39, 0.29) is 17.5 Å². The zero-order valence-electron chi connectivity index (χ0n) is 12.2. The second-order valence-electron chi connectivity index (χ2n) is 4.73. The summed E-state index contributed by atoms with van der Waals surface area (Å²) in [6.45, 7) is 7.68. The molecule has 0 spiro atoms. The van der Waals surface area contributed by atoms with Crippen LogP contribution in [0.15, 0.2) is 18.7 Å². The van der Waals surface area contributed by atoms with E-state index in [1.165, 1.54) is 13.0 Å². The predicted molar refractivity (Wildman–Crippen MR) is 75.4 cm³/mol. The van der Waals surface area contributed by atoms with E-state index in [9.17, 15) is 26.4 Å². The van der Waals surface area contributed by atoms with Gasteiger partial charge in [0, 0.05) is 5.56 Å². The van der Waals surface area contributed by atoms with Gasteiger partial charge in [0.15, 0.2) is 11.5 Å². The summed E-state index contributed by atoms with van der Waals surface area (Å²) in [6.07, 6.45) is 1.45. The largest absolute Gasteiger partial charge is 0.534 e. The van der Waals surface area contributed by atoms with Crippen molar-refractivity contribution in [3.63, 3.8) is 0 Å². The topological polar surface area (TPSA) is 60.4 Å². The molecule has 0 heterocycles. The van der Waals surface area contributed by atoms with Gasteiger partial charge >= 0.3 is 15.6 Å². The molecule has 0 amide bonds. The Kier molecular flexibility index (Phi) is 5.06. The molecule has 0 aliphatic heterocycles. The van der Waals surface area contributed by atoms with Gasteiger partial charge in [-0.2, -0.15) is 21.6 Å². The standard InChI is InChI=1S/C14H15F3O4S/c1-5-6-11-8(2)7-9(3)12(10(4)18)13(11)21-22(19,20)14(15,16)17/h5,7H,1,6H2,2-4H3. The van der Waals surface area contributed by atoms with E-state index >= 15 is 0 Å².